The molecular weight excluding hydrogens is 425 g/mol. The molecule has 0 fully saturated rings. The number of sulfonamides is 1. The maximum absolute atomic E-state index is 13.1. The Kier molecular flexibility index (Phi) is 5.19. The molecule has 2 aromatic rings. The van der Waals surface area contributed by atoms with Crippen LogP contribution in [0.15, 0.2) is 56.3 Å². The highest BCUT2D eigenvalue weighted by molar-refractivity contribution is 9.10. The fourth-order valence-electron chi connectivity index (χ4n) is 1.83. The summed E-state index contributed by atoms with van der Waals surface area (Å²) in [5.74, 6) is -0.499. The summed E-state index contributed by atoms with van der Waals surface area (Å²) in [7, 11) is -3.75. The van der Waals surface area contributed by atoms with Gasteiger partial charge in [0.05, 0.1) is 4.90 Å². The Morgan fingerprint density at radius 1 is 1.14 bits per heavy atom. The number of rotatable bonds is 4. The first-order valence-corrected chi connectivity index (χ1v) is 9.09. The maximum atomic E-state index is 13.1. The molecule has 1 unspecified atom stereocenters. The lowest BCUT2D eigenvalue weighted by Crippen LogP contribution is -2.27. The second-order valence-corrected chi connectivity index (χ2v) is 7.93. The van der Waals surface area contributed by atoms with E-state index >= 15 is 0 Å². The second-order valence-electron chi connectivity index (χ2n) is 4.47. The van der Waals surface area contributed by atoms with Crippen LogP contribution in [0.4, 0.5) is 4.39 Å². The molecule has 2 aromatic carbocycles. The molecule has 0 bridgehead atoms. The molecule has 0 aliphatic carbocycles. The van der Waals surface area contributed by atoms with Crippen LogP contribution >= 0.6 is 31.9 Å². The quantitative estimate of drug-likeness (QED) is 0.772. The number of hydrogen-bond donors (Lipinski definition) is 1. The van der Waals surface area contributed by atoms with E-state index in [9.17, 15) is 12.8 Å². The van der Waals surface area contributed by atoms with Gasteiger partial charge in [-0.05, 0) is 58.7 Å². The Morgan fingerprint density at radius 3 is 2.48 bits per heavy atom. The molecule has 0 aliphatic rings. The van der Waals surface area contributed by atoms with Crippen LogP contribution in [0.2, 0.25) is 0 Å². The molecule has 0 aromatic heterocycles. The van der Waals surface area contributed by atoms with Crippen molar-refractivity contribution < 1.29 is 12.8 Å². The Morgan fingerprint density at radius 2 is 1.86 bits per heavy atom. The molecule has 112 valence electrons. The minimum Gasteiger partial charge on any atom is -0.207 e. The van der Waals surface area contributed by atoms with E-state index < -0.39 is 21.9 Å². The van der Waals surface area contributed by atoms with Gasteiger partial charge >= 0.3 is 0 Å². The van der Waals surface area contributed by atoms with Gasteiger partial charge in [-0.3, -0.25) is 0 Å². The van der Waals surface area contributed by atoms with Crippen LogP contribution in [0, 0.1) is 5.82 Å². The molecule has 0 aliphatic heterocycles. The van der Waals surface area contributed by atoms with Crippen LogP contribution in [0.1, 0.15) is 18.5 Å². The molecule has 0 spiro atoms. The lowest BCUT2D eigenvalue weighted by atomic mass is 10.1. The van der Waals surface area contributed by atoms with Gasteiger partial charge in [-0.25, -0.2) is 17.5 Å². The van der Waals surface area contributed by atoms with Crippen molar-refractivity contribution >= 4 is 41.9 Å². The zero-order valence-electron chi connectivity index (χ0n) is 11.0. The van der Waals surface area contributed by atoms with Gasteiger partial charge in [-0.1, -0.05) is 28.1 Å². The Balaban J connectivity index is 2.29. The summed E-state index contributed by atoms with van der Waals surface area (Å²) in [4.78, 5) is 0.00532. The molecule has 0 radical (unpaired) electrons. The number of hydrogen-bond acceptors (Lipinski definition) is 2. The van der Waals surface area contributed by atoms with Crippen molar-refractivity contribution in [2.24, 2.45) is 0 Å². The fraction of sp³-hybridized carbons (Fsp3) is 0.143. The standard InChI is InChI=1S/C14H12Br2FNO2S/c1-9(10-3-2-4-11(15)7-10)18-21(19,20)14-6-5-12(17)8-13(14)16/h2-9,18H,1H3. The third-order valence-corrected chi connectivity index (χ3v) is 5.87. The lowest BCUT2D eigenvalue weighted by molar-refractivity contribution is 0.565. The molecule has 7 heteroatoms. The van der Waals surface area contributed by atoms with E-state index in [4.69, 9.17) is 0 Å². The van der Waals surface area contributed by atoms with Crippen LogP contribution in [-0.2, 0) is 10.0 Å². The summed E-state index contributed by atoms with van der Waals surface area (Å²) in [6.45, 7) is 1.75. The topological polar surface area (TPSA) is 46.2 Å². The normalized spacial score (nSPS) is 13.1. The average Bonchev–Trinajstić information content (AvgIpc) is 2.37. The van der Waals surface area contributed by atoms with Gasteiger partial charge < -0.3 is 0 Å². The molecule has 3 nitrogen and oxygen atoms in total. The Hall–Kier alpha value is -0.760. The van der Waals surface area contributed by atoms with E-state index in [1.54, 1.807) is 6.92 Å². The highest BCUT2D eigenvalue weighted by Gasteiger charge is 2.21. The van der Waals surface area contributed by atoms with Crippen molar-refractivity contribution in [1.82, 2.24) is 4.72 Å². The van der Waals surface area contributed by atoms with Crippen molar-refractivity contribution in [2.75, 3.05) is 0 Å². The second kappa shape index (κ2) is 6.56. The van der Waals surface area contributed by atoms with Gasteiger partial charge in [0, 0.05) is 15.0 Å². The molecule has 2 rings (SSSR count). The first-order valence-electron chi connectivity index (χ1n) is 6.02. The molecular formula is C14H12Br2FNO2S. The Labute approximate surface area is 139 Å². The summed E-state index contributed by atoms with van der Waals surface area (Å²) in [5.41, 5.74) is 0.825. The third kappa shape index (κ3) is 4.12. The SMILES string of the molecule is CC(NS(=O)(=O)c1ccc(F)cc1Br)c1cccc(Br)c1. The van der Waals surface area contributed by atoms with Crippen molar-refractivity contribution in [3.05, 3.63) is 62.8 Å². The van der Waals surface area contributed by atoms with Crippen LogP contribution in [0.25, 0.3) is 0 Å². The summed E-state index contributed by atoms with van der Waals surface area (Å²) in [6.07, 6.45) is 0. The van der Waals surface area contributed by atoms with Gasteiger partial charge in [0.25, 0.3) is 0 Å². The minimum absolute atomic E-state index is 0.00532. The maximum Gasteiger partial charge on any atom is 0.242 e. The van der Waals surface area contributed by atoms with E-state index in [1.807, 2.05) is 24.3 Å². The van der Waals surface area contributed by atoms with E-state index in [1.165, 1.54) is 6.07 Å². The highest BCUT2D eigenvalue weighted by Crippen LogP contribution is 2.25. The van der Waals surface area contributed by atoms with Crippen molar-refractivity contribution in [3.63, 3.8) is 0 Å². The zero-order chi connectivity index (χ0) is 15.6. The molecule has 0 saturated heterocycles. The average molecular weight is 437 g/mol. The molecule has 0 saturated carbocycles. The van der Waals surface area contributed by atoms with Crippen LogP contribution in [-0.4, -0.2) is 8.42 Å². The minimum atomic E-state index is -3.75. The van der Waals surface area contributed by atoms with Gasteiger partial charge in [0.1, 0.15) is 5.82 Å². The van der Waals surface area contributed by atoms with E-state index in [-0.39, 0.29) is 9.37 Å². The zero-order valence-corrected chi connectivity index (χ0v) is 15.0. The molecule has 0 heterocycles. The summed E-state index contributed by atoms with van der Waals surface area (Å²) < 4.78 is 41.4. The molecule has 21 heavy (non-hydrogen) atoms. The van der Waals surface area contributed by atoms with Crippen molar-refractivity contribution in [1.29, 1.82) is 0 Å². The van der Waals surface area contributed by atoms with Crippen LogP contribution < -0.4 is 4.72 Å². The molecule has 0 amide bonds. The first-order chi connectivity index (χ1) is 9.79. The highest BCUT2D eigenvalue weighted by atomic mass is 79.9. The fourth-order valence-corrected chi connectivity index (χ4v) is 4.53. The van der Waals surface area contributed by atoms with Gasteiger partial charge in [-0.2, -0.15) is 0 Å². The summed E-state index contributed by atoms with van der Waals surface area (Å²) in [6, 6.07) is 10.4. The number of halogens is 3. The van der Waals surface area contributed by atoms with E-state index in [0.717, 1.165) is 22.2 Å². The van der Waals surface area contributed by atoms with Gasteiger partial charge in [0.2, 0.25) is 10.0 Å². The number of benzene rings is 2. The van der Waals surface area contributed by atoms with E-state index in [0.29, 0.717) is 0 Å². The number of nitrogens with one attached hydrogen (secondary N) is 1. The Bertz CT molecular complexity index is 765. The smallest absolute Gasteiger partial charge is 0.207 e. The lowest BCUT2D eigenvalue weighted by Gasteiger charge is -2.15. The van der Waals surface area contributed by atoms with Crippen molar-refractivity contribution in [3.8, 4) is 0 Å². The predicted octanol–water partition coefficient (Wildman–Crippen LogP) is 4.39. The monoisotopic (exact) mass is 435 g/mol. The summed E-state index contributed by atoms with van der Waals surface area (Å²) >= 11 is 6.42. The first kappa shape index (κ1) is 16.6. The van der Waals surface area contributed by atoms with Gasteiger partial charge in [-0.15, -0.1) is 0 Å². The van der Waals surface area contributed by atoms with Crippen LogP contribution in [0.3, 0.4) is 0 Å². The largest absolute Gasteiger partial charge is 0.242 e. The van der Waals surface area contributed by atoms with Crippen molar-refractivity contribution in [2.45, 2.75) is 17.9 Å². The third-order valence-electron chi connectivity index (χ3n) is 2.86. The van der Waals surface area contributed by atoms with Gasteiger partial charge in [0.15, 0.2) is 0 Å². The summed E-state index contributed by atoms with van der Waals surface area (Å²) in [5, 5.41) is 0. The van der Waals surface area contributed by atoms with E-state index in [2.05, 4.69) is 36.6 Å². The molecule has 1 N–H and O–H groups in total. The van der Waals surface area contributed by atoms with Crippen LogP contribution in [0.5, 0.6) is 0 Å². The predicted molar refractivity (Wildman–Crippen MR) is 87.0 cm³/mol. The molecule has 1 atom stereocenters.